The summed E-state index contributed by atoms with van der Waals surface area (Å²) in [6, 6.07) is 4.54. The van der Waals surface area contributed by atoms with Crippen LogP contribution in [0.3, 0.4) is 0 Å². The summed E-state index contributed by atoms with van der Waals surface area (Å²) in [5.41, 5.74) is 1.25. The van der Waals surface area contributed by atoms with Gasteiger partial charge in [0, 0.05) is 36.9 Å². The SMILES string of the molecule is CC(CN(C)c1ccnc2cc(F)c(Cl)cc12)C(=O)O. The number of hydrogen-bond acceptors (Lipinski definition) is 3. The van der Waals surface area contributed by atoms with Crippen molar-refractivity contribution in [2.75, 3.05) is 18.5 Å². The molecule has 0 aliphatic rings. The Kier molecular flexibility index (Phi) is 4.09. The maximum absolute atomic E-state index is 13.4. The molecule has 6 heteroatoms. The Bertz CT molecular complexity index is 663. The van der Waals surface area contributed by atoms with Crippen LogP contribution in [0.25, 0.3) is 10.9 Å². The number of anilines is 1. The number of halogens is 2. The molecule has 1 aromatic carbocycles. The second-order valence-corrected chi connectivity index (χ2v) is 5.14. The van der Waals surface area contributed by atoms with E-state index in [1.165, 1.54) is 12.1 Å². The summed E-state index contributed by atoms with van der Waals surface area (Å²) >= 11 is 5.81. The predicted molar refractivity (Wildman–Crippen MR) is 76.8 cm³/mol. The van der Waals surface area contributed by atoms with E-state index >= 15 is 0 Å². The fourth-order valence-electron chi connectivity index (χ4n) is 2.05. The van der Waals surface area contributed by atoms with Crippen LogP contribution in [0.2, 0.25) is 5.02 Å². The minimum atomic E-state index is -0.862. The van der Waals surface area contributed by atoms with Crippen molar-refractivity contribution in [3.05, 3.63) is 35.2 Å². The molecule has 1 unspecified atom stereocenters. The highest BCUT2D eigenvalue weighted by Crippen LogP contribution is 2.29. The zero-order chi connectivity index (χ0) is 14.9. The molecule has 0 saturated heterocycles. The molecule has 1 N–H and O–H groups in total. The lowest BCUT2D eigenvalue weighted by Crippen LogP contribution is -2.28. The Hall–Kier alpha value is -1.88. The Morgan fingerprint density at radius 1 is 1.55 bits per heavy atom. The van der Waals surface area contributed by atoms with E-state index < -0.39 is 17.7 Å². The van der Waals surface area contributed by atoms with Gasteiger partial charge in [0.2, 0.25) is 0 Å². The lowest BCUT2D eigenvalue weighted by molar-refractivity contribution is -0.140. The average molecular weight is 297 g/mol. The van der Waals surface area contributed by atoms with Gasteiger partial charge in [0.15, 0.2) is 0 Å². The van der Waals surface area contributed by atoms with Crippen molar-refractivity contribution in [1.29, 1.82) is 0 Å². The van der Waals surface area contributed by atoms with Crippen LogP contribution in [0.15, 0.2) is 24.4 Å². The molecule has 106 valence electrons. The van der Waals surface area contributed by atoms with Crippen LogP contribution in [0.1, 0.15) is 6.92 Å². The molecule has 0 amide bonds. The van der Waals surface area contributed by atoms with E-state index in [0.717, 1.165) is 5.69 Å². The van der Waals surface area contributed by atoms with Crippen molar-refractivity contribution in [2.24, 2.45) is 5.92 Å². The first kappa shape index (κ1) is 14.5. The molecule has 1 heterocycles. The minimum Gasteiger partial charge on any atom is -0.481 e. The van der Waals surface area contributed by atoms with Crippen molar-refractivity contribution < 1.29 is 14.3 Å². The second-order valence-electron chi connectivity index (χ2n) is 4.73. The van der Waals surface area contributed by atoms with Gasteiger partial charge < -0.3 is 10.0 Å². The van der Waals surface area contributed by atoms with E-state index in [-0.39, 0.29) is 5.02 Å². The summed E-state index contributed by atoms with van der Waals surface area (Å²) in [6.45, 7) is 1.97. The topological polar surface area (TPSA) is 53.4 Å². The second kappa shape index (κ2) is 5.63. The third-order valence-electron chi connectivity index (χ3n) is 3.14. The Morgan fingerprint density at radius 2 is 2.25 bits per heavy atom. The number of carbonyl (C=O) groups is 1. The maximum Gasteiger partial charge on any atom is 0.308 e. The molecule has 0 fully saturated rings. The smallest absolute Gasteiger partial charge is 0.308 e. The van der Waals surface area contributed by atoms with Gasteiger partial charge in [0.25, 0.3) is 0 Å². The molecule has 2 aromatic rings. The van der Waals surface area contributed by atoms with E-state index in [9.17, 15) is 9.18 Å². The number of pyridine rings is 1. The van der Waals surface area contributed by atoms with Crippen LogP contribution in [0, 0.1) is 11.7 Å². The van der Waals surface area contributed by atoms with Crippen LogP contribution in [0.4, 0.5) is 10.1 Å². The molecule has 0 aliphatic heterocycles. The maximum atomic E-state index is 13.4. The van der Waals surface area contributed by atoms with E-state index in [1.54, 1.807) is 31.1 Å². The number of carboxylic acid groups (broad SMARTS) is 1. The number of aliphatic carboxylic acids is 1. The fraction of sp³-hybridized carbons (Fsp3) is 0.286. The molecular weight excluding hydrogens is 283 g/mol. The zero-order valence-corrected chi connectivity index (χ0v) is 11.9. The molecule has 0 radical (unpaired) electrons. The molecule has 4 nitrogen and oxygen atoms in total. The number of benzene rings is 1. The van der Waals surface area contributed by atoms with E-state index in [2.05, 4.69) is 4.98 Å². The standard InChI is InChI=1S/C14H14ClFN2O2/c1-8(14(19)20)7-18(2)13-3-4-17-12-6-11(16)10(15)5-9(12)13/h3-6,8H,7H2,1-2H3,(H,19,20). The van der Waals surface area contributed by atoms with Gasteiger partial charge in [-0.15, -0.1) is 0 Å². The van der Waals surface area contributed by atoms with Gasteiger partial charge in [-0.2, -0.15) is 0 Å². The van der Waals surface area contributed by atoms with Crippen LogP contribution in [-0.4, -0.2) is 29.7 Å². The molecule has 20 heavy (non-hydrogen) atoms. The lowest BCUT2D eigenvalue weighted by Gasteiger charge is -2.23. The summed E-state index contributed by atoms with van der Waals surface area (Å²) < 4.78 is 13.4. The first-order valence-electron chi connectivity index (χ1n) is 6.08. The number of carboxylic acids is 1. The molecule has 1 atom stereocenters. The van der Waals surface area contributed by atoms with Crippen LogP contribution in [-0.2, 0) is 4.79 Å². The van der Waals surface area contributed by atoms with Crippen molar-refractivity contribution in [3.63, 3.8) is 0 Å². The first-order valence-corrected chi connectivity index (χ1v) is 6.45. The van der Waals surface area contributed by atoms with Gasteiger partial charge in [-0.3, -0.25) is 9.78 Å². The highest BCUT2D eigenvalue weighted by Gasteiger charge is 2.16. The molecule has 0 saturated carbocycles. The highest BCUT2D eigenvalue weighted by atomic mass is 35.5. The highest BCUT2D eigenvalue weighted by molar-refractivity contribution is 6.31. The van der Waals surface area contributed by atoms with Gasteiger partial charge in [-0.1, -0.05) is 18.5 Å². The summed E-state index contributed by atoms with van der Waals surface area (Å²) in [5, 5.41) is 9.68. The molecule has 0 aliphatic carbocycles. The van der Waals surface area contributed by atoms with Crippen molar-refractivity contribution in [3.8, 4) is 0 Å². The number of nitrogens with zero attached hydrogens (tertiary/aromatic N) is 2. The number of fused-ring (bicyclic) bond motifs is 1. The Labute approximate surface area is 120 Å². The van der Waals surface area contributed by atoms with Crippen molar-refractivity contribution in [2.45, 2.75) is 6.92 Å². The minimum absolute atomic E-state index is 0.0198. The summed E-state index contributed by atoms with van der Waals surface area (Å²) in [5.74, 6) is -1.90. The number of rotatable bonds is 4. The van der Waals surface area contributed by atoms with Gasteiger partial charge in [0.05, 0.1) is 16.5 Å². The van der Waals surface area contributed by atoms with Gasteiger partial charge in [0.1, 0.15) is 5.82 Å². The first-order chi connectivity index (χ1) is 9.40. The van der Waals surface area contributed by atoms with Crippen LogP contribution < -0.4 is 4.90 Å². The molecular formula is C14H14ClFN2O2. The molecule has 0 bridgehead atoms. The summed E-state index contributed by atoms with van der Waals surface area (Å²) in [7, 11) is 1.78. The Balaban J connectivity index is 2.43. The lowest BCUT2D eigenvalue weighted by atomic mass is 10.1. The molecule has 2 rings (SSSR count). The fourth-order valence-corrected chi connectivity index (χ4v) is 2.21. The summed E-state index contributed by atoms with van der Waals surface area (Å²) in [4.78, 5) is 16.8. The van der Waals surface area contributed by atoms with Crippen molar-refractivity contribution >= 4 is 34.2 Å². The monoisotopic (exact) mass is 296 g/mol. The van der Waals surface area contributed by atoms with E-state index in [4.69, 9.17) is 16.7 Å². The van der Waals surface area contributed by atoms with Gasteiger partial charge in [-0.05, 0) is 12.1 Å². The van der Waals surface area contributed by atoms with Gasteiger partial charge >= 0.3 is 5.97 Å². The van der Waals surface area contributed by atoms with E-state index in [1.807, 2.05) is 0 Å². The number of aromatic nitrogens is 1. The van der Waals surface area contributed by atoms with Gasteiger partial charge in [-0.25, -0.2) is 4.39 Å². The third kappa shape index (κ3) is 2.82. The zero-order valence-electron chi connectivity index (χ0n) is 11.1. The third-order valence-corrected chi connectivity index (χ3v) is 3.43. The van der Waals surface area contributed by atoms with E-state index in [0.29, 0.717) is 17.4 Å². The summed E-state index contributed by atoms with van der Waals surface area (Å²) in [6.07, 6.45) is 1.56. The quantitative estimate of drug-likeness (QED) is 0.941. The molecule has 0 spiro atoms. The average Bonchev–Trinajstić information content (AvgIpc) is 2.39. The van der Waals surface area contributed by atoms with Crippen molar-refractivity contribution in [1.82, 2.24) is 4.98 Å². The van der Waals surface area contributed by atoms with Crippen LogP contribution in [0.5, 0.6) is 0 Å². The van der Waals surface area contributed by atoms with Crippen LogP contribution >= 0.6 is 11.6 Å². The molecule has 1 aromatic heterocycles. The predicted octanol–water partition coefficient (Wildman–Crippen LogP) is 3.18. The number of hydrogen-bond donors (Lipinski definition) is 1. The Morgan fingerprint density at radius 3 is 2.90 bits per heavy atom. The normalized spacial score (nSPS) is 12.4. The largest absolute Gasteiger partial charge is 0.481 e.